The van der Waals surface area contributed by atoms with Gasteiger partial charge in [-0.2, -0.15) is 0 Å². The van der Waals surface area contributed by atoms with E-state index in [0.29, 0.717) is 38.6 Å². The van der Waals surface area contributed by atoms with Crippen molar-refractivity contribution >= 4 is 29.6 Å². The predicted octanol–water partition coefficient (Wildman–Crippen LogP) is 2.51. The van der Waals surface area contributed by atoms with Gasteiger partial charge in [0.1, 0.15) is 18.2 Å². The van der Waals surface area contributed by atoms with E-state index >= 15 is 0 Å². The number of hydrogen-bond acceptors (Lipinski definition) is 6. The number of fused-ring (bicyclic) bond motifs is 2. The molecule has 2 fully saturated rings. The molecule has 0 radical (unpaired) electrons. The molecule has 224 valence electrons. The first-order valence-corrected chi connectivity index (χ1v) is 14.9. The van der Waals surface area contributed by atoms with Crippen LogP contribution >= 0.6 is 0 Å². The zero-order valence-electron chi connectivity index (χ0n) is 24.8. The van der Waals surface area contributed by atoms with Gasteiger partial charge >= 0.3 is 6.09 Å². The summed E-state index contributed by atoms with van der Waals surface area (Å²) in [5, 5.41) is 5.60. The monoisotopic (exact) mass is 568 g/mol. The first kappa shape index (κ1) is 30.5. The van der Waals surface area contributed by atoms with Crippen LogP contribution in [-0.4, -0.2) is 65.3 Å². The van der Waals surface area contributed by atoms with Crippen molar-refractivity contribution in [2.75, 3.05) is 6.54 Å². The van der Waals surface area contributed by atoms with Crippen LogP contribution in [0.4, 0.5) is 4.79 Å². The number of rotatable bonds is 12. The maximum absolute atomic E-state index is 14.3. The highest BCUT2D eigenvalue weighted by Crippen LogP contribution is 2.65. The molecule has 10 nitrogen and oxygen atoms in total. The third-order valence-corrected chi connectivity index (χ3v) is 9.49. The first-order valence-electron chi connectivity index (χ1n) is 14.9. The molecule has 4 N–H and O–H groups in total. The Labute approximate surface area is 242 Å². The number of benzene rings is 1. The molecule has 0 aromatic heterocycles. The average Bonchev–Trinajstić information content (AvgIpc) is 3.31. The van der Waals surface area contributed by atoms with Crippen LogP contribution in [-0.2, 0) is 36.8 Å². The summed E-state index contributed by atoms with van der Waals surface area (Å²) in [6.07, 6.45) is 2.47. The Morgan fingerprint density at radius 1 is 1.02 bits per heavy atom. The molecule has 4 rings (SSSR count). The lowest BCUT2D eigenvalue weighted by molar-refractivity contribution is -0.144. The standard InChI is InChI=1S/C31H44N4O6/c1-6-11-22(26(36)27(32)37)33-28(38)25-23-21(31(23,4)5)16-35(25)29(39)24(34-30(40)41-20(7-2)8-3)19-14-17-12-9-10-13-18(17)15-19/h9-10,12-13,19-25H,6-8,11,14-16H2,1-5H3,(H2,32,37)(H,33,38)(H,34,40)/t21?,22?,23?,24-,25-/m0/s1. The molecule has 1 heterocycles. The van der Waals surface area contributed by atoms with E-state index in [1.165, 1.54) is 0 Å². The molecule has 3 aliphatic rings. The van der Waals surface area contributed by atoms with Gasteiger partial charge in [0.15, 0.2) is 0 Å². The number of nitrogens with one attached hydrogen (secondary N) is 2. The quantitative estimate of drug-likeness (QED) is 0.330. The van der Waals surface area contributed by atoms with E-state index in [1.54, 1.807) is 4.90 Å². The smallest absolute Gasteiger partial charge is 0.408 e. The zero-order valence-corrected chi connectivity index (χ0v) is 24.8. The van der Waals surface area contributed by atoms with E-state index in [9.17, 15) is 24.0 Å². The molecule has 0 bridgehead atoms. The number of primary amides is 1. The molecule has 5 atom stereocenters. The van der Waals surface area contributed by atoms with E-state index in [2.05, 4.69) is 24.5 Å². The van der Waals surface area contributed by atoms with Crippen LogP contribution in [0.15, 0.2) is 24.3 Å². The van der Waals surface area contributed by atoms with E-state index < -0.39 is 41.8 Å². The number of nitrogens with zero attached hydrogens (tertiary/aromatic N) is 1. The van der Waals surface area contributed by atoms with Gasteiger partial charge in [-0.25, -0.2) is 4.79 Å². The summed E-state index contributed by atoms with van der Waals surface area (Å²) in [7, 11) is 0. The number of alkyl carbamates (subject to hydrolysis) is 1. The molecule has 2 aliphatic carbocycles. The van der Waals surface area contributed by atoms with Crippen molar-refractivity contribution in [3.63, 3.8) is 0 Å². The number of amides is 4. The topological polar surface area (TPSA) is 148 Å². The number of likely N-dealkylation sites (tertiary alicyclic amines) is 1. The number of ether oxygens (including phenoxy) is 1. The van der Waals surface area contributed by atoms with Crippen LogP contribution in [0, 0.1) is 23.2 Å². The summed E-state index contributed by atoms with van der Waals surface area (Å²) >= 11 is 0. The Morgan fingerprint density at radius 2 is 1.63 bits per heavy atom. The maximum atomic E-state index is 14.3. The van der Waals surface area contributed by atoms with Gasteiger partial charge in [-0.3, -0.25) is 19.2 Å². The molecule has 1 aromatic rings. The van der Waals surface area contributed by atoms with Crippen molar-refractivity contribution in [2.45, 2.75) is 97.4 Å². The third-order valence-electron chi connectivity index (χ3n) is 9.49. The lowest BCUT2D eigenvalue weighted by Crippen LogP contribution is -2.59. The minimum Gasteiger partial charge on any atom is -0.446 e. The summed E-state index contributed by atoms with van der Waals surface area (Å²) in [5.74, 6) is -2.96. The van der Waals surface area contributed by atoms with Crippen molar-refractivity contribution in [1.82, 2.24) is 15.5 Å². The van der Waals surface area contributed by atoms with E-state index in [-0.39, 0.29) is 41.6 Å². The molecule has 3 unspecified atom stereocenters. The van der Waals surface area contributed by atoms with E-state index in [4.69, 9.17) is 10.5 Å². The molecule has 1 aliphatic heterocycles. The number of carbonyl (C=O) groups is 5. The van der Waals surface area contributed by atoms with Gasteiger partial charge < -0.3 is 26.0 Å². The van der Waals surface area contributed by atoms with Crippen molar-refractivity contribution in [2.24, 2.45) is 28.9 Å². The van der Waals surface area contributed by atoms with Crippen molar-refractivity contribution in [3.05, 3.63) is 35.4 Å². The Hall–Kier alpha value is -3.43. The minimum atomic E-state index is -1.10. The van der Waals surface area contributed by atoms with Gasteiger partial charge in [0.05, 0.1) is 6.04 Å². The van der Waals surface area contributed by atoms with Gasteiger partial charge in [0.25, 0.3) is 5.91 Å². The fourth-order valence-corrected chi connectivity index (χ4v) is 6.96. The summed E-state index contributed by atoms with van der Waals surface area (Å²) in [6, 6.07) is 5.23. The molecule has 41 heavy (non-hydrogen) atoms. The van der Waals surface area contributed by atoms with E-state index in [0.717, 1.165) is 11.1 Å². The lowest BCUT2D eigenvalue weighted by Gasteiger charge is -2.35. The summed E-state index contributed by atoms with van der Waals surface area (Å²) in [6.45, 7) is 10.2. The second-order valence-corrected chi connectivity index (χ2v) is 12.4. The minimum absolute atomic E-state index is 0.102. The summed E-state index contributed by atoms with van der Waals surface area (Å²) in [5.41, 5.74) is 7.35. The second kappa shape index (κ2) is 12.2. The van der Waals surface area contributed by atoms with Crippen LogP contribution < -0.4 is 16.4 Å². The molecule has 1 saturated carbocycles. The Balaban J connectivity index is 1.60. The summed E-state index contributed by atoms with van der Waals surface area (Å²) in [4.78, 5) is 66.7. The predicted molar refractivity (Wildman–Crippen MR) is 152 cm³/mol. The van der Waals surface area contributed by atoms with Gasteiger partial charge in [-0.1, -0.05) is 65.3 Å². The molecule has 1 saturated heterocycles. The Kier molecular flexibility index (Phi) is 9.09. The lowest BCUT2D eigenvalue weighted by atomic mass is 9.93. The van der Waals surface area contributed by atoms with Crippen LogP contribution in [0.5, 0.6) is 0 Å². The number of Topliss-reactive ketones (excluding diaryl/α,β-unsaturated/α-hetero) is 1. The summed E-state index contributed by atoms with van der Waals surface area (Å²) < 4.78 is 5.61. The van der Waals surface area contributed by atoms with Gasteiger partial charge in [0.2, 0.25) is 17.6 Å². The van der Waals surface area contributed by atoms with Gasteiger partial charge in [-0.15, -0.1) is 0 Å². The maximum Gasteiger partial charge on any atom is 0.408 e. The molecular formula is C31H44N4O6. The highest BCUT2D eigenvalue weighted by molar-refractivity contribution is 6.37. The highest BCUT2D eigenvalue weighted by Gasteiger charge is 2.69. The van der Waals surface area contributed by atoms with Gasteiger partial charge in [-0.05, 0) is 66.4 Å². The third kappa shape index (κ3) is 6.11. The Morgan fingerprint density at radius 3 is 2.17 bits per heavy atom. The first-order chi connectivity index (χ1) is 19.4. The number of nitrogens with two attached hydrogens (primary N) is 1. The zero-order chi connectivity index (χ0) is 30.1. The molecule has 4 amide bonds. The molecular weight excluding hydrogens is 524 g/mol. The fraction of sp³-hybridized carbons (Fsp3) is 0.645. The number of piperidine rings is 1. The number of hydrogen-bond donors (Lipinski definition) is 3. The van der Waals surface area contributed by atoms with Crippen LogP contribution in [0.3, 0.4) is 0 Å². The Bertz CT molecular complexity index is 1170. The largest absolute Gasteiger partial charge is 0.446 e. The average molecular weight is 569 g/mol. The number of ketones is 1. The van der Waals surface area contributed by atoms with Crippen LogP contribution in [0.2, 0.25) is 0 Å². The van der Waals surface area contributed by atoms with Crippen molar-refractivity contribution in [1.29, 1.82) is 0 Å². The molecule has 10 heteroatoms. The molecule has 1 aromatic carbocycles. The van der Waals surface area contributed by atoms with Crippen molar-refractivity contribution < 1.29 is 28.7 Å². The van der Waals surface area contributed by atoms with Crippen LogP contribution in [0.25, 0.3) is 0 Å². The normalized spacial score (nSPS) is 23.8. The highest BCUT2D eigenvalue weighted by atomic mass is 16.6. The number of carbonyl (C=O) groups excluding carboxylic acids is 5. The van der Waals surface area contributed by atoms with Crippen molar-refractivity contribution in [3.8, 4) is 0 Å². The van der Waals surface area contributed by atoms with Gasteiger partial charge in [0, 0.05) is 6.54 Å². The van der Waals surface area contributed by atoms with E-state index in [1.807, 2.05) is 45.0 Å². The molecule has 0 spiro atoms. The fourth-order valence-electron chi connectivity index (χ4n) is 6.96. The SMILES string of the molecule is CCCC(NC(=O)[C@@H]1C2C(CN1C(=O)[C@@H](NC(=O)OC(CC)CC)C1Cc3ccccc3C1)C2(C)C)C(=O)C(N)=O. The van der Waals surface area contributed by atoms with Crippen LogP contribution in [0.1, 0.15) is 71.4 Å². The second-order valence-electron chi connectivity index (χ2n) is 12.4.